The van der Waals surface area contributed by atoms with Crippen molar-refractivity contribution in [3.05, 3.63) is 23.3 Å². The predicted molar refractivity (Wildman–Crippen MR) is 105 cm³/mol. The van der Waals surface area contributed by atoms with Crippen molar-refractivity contribution < 1.29 is 14.3 Å². The number of aryl methyl sites for hydroxylation is 1. The Kier molecular flexibility index (Phi) is 7.18. The highest BCUT2D eigenvalue weighted by Gasteiger charge is 2.34. The van der Waals surface area contributed by atoms with Crippen molar-refractivity contribution in [2.75, 3.05) is 14.2 Å². The summed E-state index contributed by atoms with van der Waals surface area (Å²) in [5, 5.41) is 6.80. The number of benzene rings is 1. The van der Waals surface area contributed by atoms with Gasteiger partial charge in [-0.25, -0.2) is 0 Å². The molecule has 2 aliphatic rings. The molecule has 1 aromatic rings. The Hall–Kier alpha value is -1.46. The SMILES string of the molecule is COc1cc(C)c(C(C)NC(=O)CC2CC3CCC(C2)N3)cc1OC.Cl. The van der Waals surface area contributed by atoms with Crippen molar-refractivity contribution in [1.82, 2.24) is 10.6 Å². The lowest BCUT2D eigenvalue weighted by molar-refractivity contribution is -0.122. The number of ether oxygens (including phenoxy) is 2. The minimum Gasteiger partial charge on any atom is -0.493 e. The van der Waals surface area contributed by atoms with Crippen LogP contribution in [0.15, 0.2) is 12.1 Å². The van der Waals surface area contributed by atoms with Crippen LogP contribution in [0.5, 0.6) is 11.5 Å². The van der Waals surface area contributed by atoms with E-state index in [4.69, 9.17) is 9.47 Å². The molecule has 2 bridgehead atoms. The zero-order valence-corrected chi connectivity index (χ0v) is 16.9. The normalized spacial score (nSPS) is 25.2. The molecule has 6 heteroatoms. The standard InChI is InChI=1S/C20H30N2O3.ClH/c1-12-7-18(24-3)19(25-4)11-17(12)13(2)21-20(23)10-14-8-15-5-6-16(9-14)22-15;/h7,11,13-16,22H,5-6,8-10H2,1-4H3,(H,21,23);1H. The minimum atomic E-state index is -0.0502. The van der Waals surface area contributed by atoms with Gasteiger partial charge in [0.15, 0.2) is 11.5 Å². The number of amides is 1. The Balaban J connectivity index is 0.00000243. The Labute approximate surface area is 162 Å². The number of rotatable bonds is 6. The maximum absolute atomic E-state index is 12.5. The third kappa shape index (κ3) is 4.63. The predicted octanol–water partition coefficient (Wildman–Crippen LogP) is 3.53. The van der Waals surface area contributed by atoms with E-state index < -0.39 is 0 Å². The molecule has 2 aliphatic heterocycles. The molecule has 1 aromatic carbocycles. The molecule has 0 spiro atoms. The molecule has 2 N–H and O–H groups in total. The monoisotopic (exact) mass is 382 g/mol. The number of halogens is 1. The van der Waals surface area contributed by atoms with Crippen molar-refractivity contribution in [1.29, 1.82) is 0 Å². The maximum atomic E-state index is 12.5. The second-order valence-electron chi connectivity index (χ2n) is 7.53. The first-order chi connectivity index (χ1) is 12.0. The average Bonchev–Trinajstić information content (AvgIpc) is 2.92. The Bertz CT molecular complexity index is 626. The summed E-state index contributed by atoms with van der Waals surface area (Å²) < 4.78 is 10.7. The van der Waals surface area contributed by atoms with Gasteiger partial charge in [-0.05, 0) is 68.7 Å². The number of carbonyl (C=O) groups excluding carboxylic acids is 1. The molecule has 2 heterocycles. The van der Waals surface area contributed by atoms with Gasteiger partial charge in [-0.15, -0.1) is 12.4 Å². The smallest absolute Gasteiger partial charge is 0.220 e. The number of piperidine rings is 1. The highest BCUT2D eigenvalue weighted by Crippen LogP contribution is 2.34. The zero-order chi connectivity index (χ0) is 18.0. The molecular weight excluding hydrogens is 352 g/mol. The summed E-state index contributed by atoms with van der Waals surface area (Å²) in [6.07, 6.45) is 5.43. The van der Waals surface area contributed by atoms with Crippen LogP contribution in [-0.2, 0) is 4.79 Å². The first-order valence-electron chi connectivity index (χ1n) is 9.28. The summed E-state index contributed by atoms with van der Waals surface area (Å²) in [5.41, 5.74) is 2.15. The van der Waals surface area contributed by atoms with E-state index in [-0.39, 0.29) is 24.4 Å². The molecule has 2 fully saturated rings. The van der Waals surface area contributed by atoms with Crippen LogP contribution in [0.4, 0.5) is 0 Å². The lowest BCUT2D eigenvalue weighted by atomic mass is 9.89. The molecule has 0 aliphatic carbocycles. The second kappa shape index (κ2) is 8.96. The third-order valence-electron chi connectivity index (χ3n) is 5.66. The van der Waals surface area contributed by atoms with Gasteiger partial charge in [0.2, 0.25) is 5.91 Å². The Morgan fingerprint density at radius 2 is 1.77 bits per heavy atom. The van der Waals surface area contributed by atoms with Gasteiger partial charge in [-0.2, -0.15) is 0 Å². The molecule has 1 amide bonds. The van der Waals surface area contributed by atoms with Crippen LogP contribution in [0, 0.1) is 12.8 Å². The number of methoxy groups -OCH3 is 2. The van der Waals surface area contributed by atoms with E-state index in [0.29, 0.717) is 35.9 Å². The molecule has 5 nitrogen and oxygen atoms in total. The molecule has 3 atom stereocenters. The minimum absolute atomic E-state index is 0. The number of fused-ring (bicyclic) bond motifs is 2. The van der Waals surface area contributed by atoms with E-state index in [9.17, 15) is 4.79 Å². The van der Waals surface area contributed by atoms with Crippen LogP contribution in [0.3, 0.4) is 0 Å². The van der Waals surface area contributed by atoms with Gasteiger partial charge in [0.05, 0.1) is 20.3 Å². The van der Waals surface area contributed by atoms with Crippen LogP contribution in [0.1, 0.15) is 56.2 Å². The van der Waals surface area contributed by atoms with E-state index in [1.807, 2.05) is 26.0 Å². The van der Waals surface area contributed by atoms with Gasteiger partial charge in [0, 0.05) is 18.5 Å². The number of nitrogens with one attached hydrogen (secondary N) is 2. The molecule has 0 aromatic heterocycles. The summed E-state index contributed by atoms with van der Waals surface area (Å²) in [4.78, 5) is 12.5. The molecule has 26 heavy (non-hydrogen) atoms. The maximum Gasteiger partial charge on any atom is 0.220 e. The molecule has 3 rings (SSSR count). The average molecular weight is 383 g/mol. The summed E-state index contributed by atoms with van der Waals surface area (Å²) in [7, 11) is 3.26. The highest BCUT2D eigenvalue weighted by molar-refractivity contribution is 5.85. The first-order valence-corrected chi connectivity index (χ1v) is 9.28. The van der Waals surface area contributed by atoms with Gasteiger partial charge in [-0.1, -0.05) is 0 Å². The third-order valence-corrected chi connectivity index (χ3v) is 5.66. The van der Waals surface area contributed by atoms with E-state index in [1.54, 1.807) is 14.2 Å². The van der Waals surface area contributed by atoms with E-state index >= 15 is 0 Å². The largest absolute Gasteiger partial charge is 0.493 e. The lowest BCUT2D eigenvalue weighted by Gasteiger charge is -2.29. The molecule has 2 saturated heterocycles. The fraction of sp³-hybridized carbons (Fsp3) is 0.650. The van der Waals surface area contributed by atoms with E-state index in [1.165, 1.54) is 12.8 Å². The van der Waals surface area contributed by atoms with Gasteiger partial charge < -0.3 is 20.1 Å². The van der Waals surface area contributed by atoms with Crippen molar-refractivity contribution >= 4 is 18.3 Å². The Morgan fingerprint density at radius 3 is 2.35 bits per heavy atom. The lowest BCUT2D eigenvalue weighted by Crippen LogP contribution is -2.40. The van der Waals surface area contributed by atoms with Crippen molar-refractivity contribution in [2.24, 2.45) is 5.92 Å². The molecule has 0 radical (unpaired) electrons. The first kappa shape index (κ1) is 20.8. The number of hydrogen-bond acceptors (Lipinski definition) is 4. The van der Waals surface area contributed by atoms with Crippen LogP contribution in [-0.4, -0.2) is 32.2 Å². The second-order valence-corrected chi connectivity index (χ2v) is 7.53. The fourth-order valence-corrected chi connectivity index (χ4v) is 4.44. The highest BCUT2D eigenvalue weighted by atomic mass is 35.5. The number of hydrogen-bond donors (Lipinski definition) is 2. The van der Waals surface area contributed by atoms with Crippen LogP contribution in [0.2, 0.25) is 0 Å². The summed E-state index contributed by atoms with van der Waals surface area (Å²) in [6, 6.07) is 5.13. The Morgan fingerprint density at radius 1 is 1.19 bits per heavy atom. The summed E-state index contributed by atoms with van der Waals surface area (Å²) >= 11 is 0. The molecule has 0 saturated carbocycles. The van der Waals surface area contributed by atoms with Gasteiger partial charge in [0.1, 0.15) is 0 Å². The van der Waals surface area contributed by atoms with Gasteiger partial charge in [0.25, 0.3) is 0 Å². The van der Waals surface area contributed by atoms with Crippen molar-refractivity contribution in [3.63, 3.8) is 0 Å². The fourth-order valence-electron chi connectivity index (χ4n) is 4.44. The zero-order valence-electron chi connectivity index (χ0n) is 16.1. The molecule has 146 valence electrons. The summed E-state index contributed by atoms with van der Waals surface area (Å²) in [5.74, 6) is 2.07. The molecular formula is C20H31ClN2O3. The van der Waals surface area contributed by atoms with Crippen molar-refractivity contribution in [3.8, 4) is 11.5 Å². The van der Waals surface area contributed by atoms with Crippen LogP contribution < -0.4 is 20.1 Å². The van der Waals surface area contributed by atoms with Gasteiger partial charge >= 0.3 is 0 Å². The van der Waals surface area contributed by atoms with Crippen LogP contribution in [0.25, 0.3) is 0 Å². The van der Waals surface area contributed by atoms with Gasteiger partial charge in [-0.3, -0.25) is 4.79 Å². The molecule has 3 unspecified atom stereocenters. The topological polar surface area (TPSA) is 59.6 Å². The van der Waals surface area contributed by atoms with Crippen LogP contribution >= 0.6 is 12.4 Å². The summed E-state index contributed by atoms with van der Waals surface area (Å²) in [6.45, 7) is 4.06. The van der Waals surface area contributed by atoms with Crippen molar-refractivity contribution in [2.45, 2.75) is 64.1 Å². The van der Waals surface area contributed by atoms with E-state index in [0.717, 1.165) is 24.0 Å². The quantitative estimate of drug-likeness (QED) is 0.790. The van der Waals surface area contributed by atoms with E-state index in [2.05, 4.69) is 10.6 Å². The number of carbonyl (C=O) groups is 1.